The van der Waals surface area contributed by atoms with Gasteiger partial charge in [-0.15, -0.1) is 0 Å². The highest BCUT2D eigenvalue weighted by molar-refractivity contribution is 5.77. The molecule has 0 aromatic rings. The van der Waals surface area contributed by atoms with Gasteiger partial charge in [-0.3, -0.25) is 4.79 Å². The number of amides is 1. The van der Waals surface area contributed by atoms with Crippen molar-refractivity contribution < 1.29 is 39.8 Å². The molecule has 9 nitrogen and oxygen atoms in total. The average Bonchev–Trinajstić information content (AvgIpc) is 3.31. The minimum Gasteiger partial charge on any atom is -0.394 e. The van der Waals surface area contributed by atoms with Crippen molar-refractivity contribution in [2.45, 2.75) is 249 Å². The Bertz CT molecular complexity index is 1290. The van der Waals surface area contributed by atoms with Crippen molar-refractivity contribution in [2.75, 3.05) is 13.2 Å². The van der Waals surface area contributed by atoms with E-state index in [1.54, 1.807) is 12.2 Å². The first-order valence-corrected chi connectivity index (χ1v) is 26.3. The Morgan fingerprint density at radius 1 is 0.538 bits per heavy atom. The summed E-state index contributed by atoms with van der Waals surface area (Å²) < 4.78 is 11.2. The standard InChI is InChI=1S/C56H97NO8/c1-3-5-7-9-11-13-15-17-19-20-21-22-23-24-25-26-27-28-29-30-32-33-35-37-39-41-43-45-50(59)49(48-64-56-55(63)54(62)53(61)51(47-58)65-56)57-52(60)46-44-42-40-38-36-34-31-18-16-14-12-10-8-6-4-2/h6,8,12,14,18,31,35-38,42-45,49-51,53-56,58-59,61-63H,3-5,7,9-11,13,15-17,19-30,32-34,39-41,46-48H2,1-2H3,(H,57,60)/b8-6-,14-12-,31-18-,37-35+,38-36-,44-42-,45-43+. The van der Waals surface area contributed by atoms with E-state index >= 15 is 0 Å². The number of hydrogen-bond acceptors (Lipinski definition) is 8. The van der Waals surface area contributed by atoms with E-state index in [-0.39, 0.29) is 18.9 Å². The number of allylic oxidation sites excluding steroid dienone is 12. The van der Waals surface area contributed by atoms with Gasteiger partial charge in [-0.1, -0.05) is 227 Å². The molecule has 0 saturated carbocycles. The first kappa shape index (κ1) is 60.4. The van der Waals surface area contributed by atoms with E-state index in [0.717, 1.165) is 44.9 Å². The van der Waals surface area contributed by atoms with E-state index in [1.165, 1.54) is 135 Å². The molecule has 0 radical (unpaired) electrons. The fourth-order valence-corrected chi connectivity index (χ4v) is 7.83. The van der Waals surface area contributed by atoms with Crippen molar-refractivity contribution in [3.05, 3.63) is 85.1 Å². The topological polar surface area (TPSA) is 149 Å². The summed E-state index contributed by atoms with van der Waals surface area (Å²) in [7, 11) is 0. The number of carbonyl (C=O) groups excluding carboxylic acids is 1. The molecule has 1 aliphatic rings. The molecule has 9 heteroatoms. The molecule has 1 aliphatic heterocycles. The third kappa shape index (κ3) is 35.2. The number of ether oxygens (including phenoxy) is 2. The molecule has 0 bridgehead atoms. The number of aliphatic hydroxyl groups is 5. The van der Waals surface area contributed by atoms with Crippen molar-refractivity contribution in [3.8, 4) is 0 Å². The van der Waals surface area contributed by atoms with E-state index in [9.17, 15) is 30.3 Å². The summed E-state index contributed by atoms with van der Waals surface area (Å²) in [6.45, 7) is 3.59. The van der Waals surface area contributed by atoms with Crippen LogP contribution in [0.5, 0.6) is 0 Å². The zero-order valence-electron chi connectivity index (χ0n) is 41.2. The van der Waals surface area contributed by atoms with Gasteiger partial charge in [0.25, 0.3) is 0 Å². The molecule has 1 heterocycles. The average molecular weight is 912 g/mol. The monoisotopic (exact) mass is 912 g/mol. The molecule has 0 aromatic carbocycles. The SMILES string of the molecule is CC/C=C\C/C=C\C/C=C\C/C=C\C/C=C\CC(=O)NC(COC1OC(CO)C(O)C(O)C1O)C(O)/C=C/CC/C=C/CCCCCCCCCCCCCCCCCCCCCCC. The van der Waals surface area contributed by atoms with Gasteiger partial charge in [0, 0.05) is 6.42 Å². The number of unbranched alkanes of at least 4 members (excludes halogenated alkanes) is 22. The third-order valence-corrected chi connectivity index (χ3v) is 12.0. The maximum Gasteiger partial charge on any atom is 0.224 e. The lowest BCUT2D eigenvalue weighted by Crippen LogP contribution is -2.60. The Balaban J connectivity index is 2.31. The van der Waals surface area contributed by atoms with Gasteiger partial charge in [-0.05, 0) is 57.8 Å². The van der Waals surface area contributed by atoms with E-state index < -0.39 is 49.5 Å². The van der Waals surface area contributed by atoms with Crippen LogP contribution in [0, 0.1) is 0 Å². The lowest BCUT2D eigenvalue weighted by molar-refractivity contribution is -0.302. The van der Waals surface area contributed by atoms with Gasteiger partial charge in [0.1, 0.15) is 24.4 Å². The first-order valence-electron chi connectivity index (χ1n) is 26.3. The van der Waals surface area contributed by atoms with Crippen LogP contribution in [-0.4, -0.2) is 87.5 Å². The van der Waals surface area contributed by atoms with Crippen LogP contribution in [-0.2, 0) is 14.3 Å². The summed E-state index contributed by atoms with van der Waals surface area (Å²) >= 11 is 0. The van der Waals surface area contributed by atoms with Gasteiger partial charge >= 0.3 is 0 Å². The highest BCUT2D eigenvalue weighted by Crippen LogP contribution is 2.22. The van der Waals surface area contributed by atoms with Crippen molar-refractivity contribution in [2.24, 2.45) is 0 Å². The maximum atomic E-state index is 12.9. The zero-order chi connectivity index (χ0) is 47.3. The Labute approximate surface area is 397 Å². The molecule has 374 valence electrons. The van der Waals surface area contributed by atoms with Crippen LogP contribution >= 0.6 is 0 Å². The minimum absolute atomic E-state index is 0.102. The molecule has 7 atom stereocenters. The summed E-state index contributed by atoms with van der Waals surface area (Å²) in [5.41, 5.74) is 0. The quantitative estimate of drug-likeness (QED) is 0.0262. The van der Waals surface area contributed by atoms with Gasteiger partial charge in [0.15, 0.2) is 6.29 Å². The smallest absolute Gasteiger partial charge is 0.224 e. The Hall–Kier alpha value is -2.63. The summed E-state index contributed by atoms with van der Waals surface area (Å²) in [5, 5.41) is 54.2. The van der Waals surface area contributed by atoms with Gasteiger partial charge in [0.05, 0.1) is 25.4 Å². The molecule has 0 aliphatic carbocycles. The molecule has 1 fully saturated rings. The number of hydrogen-bond donors (Lipinski definition) is 6. The predicted molar refractivity (Wildman–Crippen MR) is 271 cm³/mol. The molecule has 6 N–H and O–H groups in total. The molecule has 1 amide bonds. The fraction of sp³-hybridized carbons (Fsp3) is 0.732. The van der Waals surface area contributed by atoms with Crippen molar-refractivity contribution >= 4 is 5.91 Å². The molecule has 0 spiro atoms. The van der Waals surface area contributed by atoms with E-state index in [1.807, 2.05) is 12.2 Å². The second-order valence-corrected chi connectivity index (χ2v) is 17.9. The summed E-state index contributed by atoms with van der Waals surface area (Å²) in [4.78, 5) is 12.9. The zero-order valence-corrected chi connectivity index (χ0v) is 41.2. The summed E-state index contributed by atoms with van der Waals surface area (Å²) in [6, 6.07) is -0.881. The molecule has 1 saturated heterocycles. The Morgan fingerprint density at radius 2 is 0.969 bits per heavy atom. The minimum atomic E-state index is -1.59. The van der Waals surface area contributed by atoms with E-state index in [2.05, 4.69) is 79.9 Å². The van der Waals surface area contributed by atoms with E-state index in [0.29, 0.717) is 6.42 Å². The largest absolute Gasteiger partial charge is 0.394 e. The highest BCUT2D eigenvalue weighted by atomic mass is 16.7. The molecular formula is C56H97NO8. The Morgan fingerprint density at radius 3 is 1.45 bits per heavy atom. The first-order chi connectivity index (χ1) is 31.8. The van der Waals surface area contributed by atoms with Gasteiger partial charge in [0.2, 0.25) is 5.91 Å². The summed E-state index contributed by atoms with van der Waals surface area (Å²) in [5.74, 6) is -0.315. The summed E-state index contributed by atoms with van der Waals surface area (Å²) in [6.07, 6.45) is 56.8. The van der Waals surface area contributed by atoms with Crippen molar-refractivity contribution in [1.82, 2.24) is 5.32 Å². The number of rotatable bonds is 43. The number of aliphatic hydroxyl groups excluding tert-OH is 5. The maximum absolute atomic E-state index is 12.9. The second-order valence-electron chi connectivity index (χ2n) is 17.9. The van der Waals surface area contributed by atoms with Crippen LogP contribution in [0.4, 0.5) is 0 Å². The number of nitrogens with one attached hydrogen (secondary N) is 1. The fourth-order valence-electron chi connectivity index (χ4n) is 7.83. The molecule has 7 unspecified atom stereocenters. The van der Waals surface area contributed by atoms with Crippen LogP contribution in [0.2, 0.25) is 0 Å². The molecule has 65 heavy (non-hydrogen) atoms. The second kappa shape index (κ2) is 45.2. The van der Waals surface area contributed by atoms with Gasteiger partial charge in [-0.2, -0.15) is 0 Å². The van der Waals surface area contributed by atoms with Crippen molar-refractivity contribution in [3.63, 3.8) is 0 Å². The highest BCUT2D eigenvalue weighted by Gasteiger charge is 2.44. The van der Waals surface area contributed by atoms with Crippen LogP contribution in [0.1, 0.15) is 206 Å². The van der Waals surface area contributed by atoms with E-state index in [4.69, 9.17) is 9.47 Å². The van der Waals surface area contributed by atoms with Crippen LogP contribution < -0.4 is 5.32 Å². The molecule has 0 aromatic heterocycles. The molecule has 1 rings (SSSR count). The number of carbonyl (C=O) groups is 1. The van der Waals surface area contributed by atoms with Gasteiger partial charge < -0.3 is 40.3 Å². The lowest BCUT2D eigenvalue weighted by atomic mass is 9.99. The van der Waals surface area contributed by atoms with Crippen LogP contribution in [0.3, 0.4) is 0 Å². The molecular weight excluding hydrogens is 815 g/mol. The van der Waals surface area contributed by atoms with Gasteiger partial charge in [-0.25, -0.2) is 0 Å². The Kier molecular flexibility index (Phi) is 42.0. The van der Waals surface area contributed by atoms with Crippen LogP contribution in [0.25, 0.3) is 0 Å². The third-order valence-electron chi connectivity index (χ3n) is 12.0. The van der Waals surface area contributed by atoms with Crippen LogP contribution in [0.15, 0.2) is 85.1 Å². The normalized spacial score (nSPS) is 20.6. The lowest BCUT2D eigenvalue weighted by Gasteiger charge is -2.40. The van der Waals surface area contributed by atoms with Crippen molar-refractivity contribution in [1.29, 1.82) is 0 Å². The predicted octanol–water partition coefficient (Wildman–Crippen LogP) is 12.3.